The largest absolute Gasteiger partial charge is 0.381 e. The van der Waals surface area contributed by atoms with Gasteiger partial charge in [-0.15, -0.1) is 0 Å². The van der Waals surface area contributed by atoms with Gasteiger partial charge in [0.05, 0.1) is 22.1 Å². The fraction of sp³-hybridized carbons (Fsp3) is 0.417. The first kappa shape index (κ1) is 16.5. The van der Waals surface area contributed by atoms with E-state index in [1.807, 2.05) is 0 Å². The molecule has 1 unspecified atom stereocenters. The lowest BCUT2D eigenvalue weighted by molar-refractivity contribution is 0.0944. The fourth-order valence-electron chi connectivity index (χ4n) is 1.95. The number of rotatable bonds is 4. The molecule has 21 heavy (non-hydrogen) atoms. The standard InChI is InChI=1S/C12H12Cl2FNO4S/c13-11-9(3-8(4-10(11)15)21(14,18)19)12(17)16-5-7-1-2-20-6-7/h3-4,7H,1-2,5-6H2,(H,16,17). The van der Waals surface area contributed by atoms with Crippen LogP contribution in [-0.2, 0) is 13.8 Å². The van der Waals surface area contributed by atoms with Gasteiger partial charge >= 0.3 is 0 Å². The second-order valence-corrected chi connectivity index (χ2v) is 7.59. The molecule has 1 aromatic rings. The van der Waals surface area contributed by atoms with Crippen LogP contribution in [0.3, 0.4) is 0 Å². The maximum Gasteiger partial charge on any atom is 0.261 e. The monoisotopic (exact) mass is 355 g/mol. The summed E-state index contributed by atoms with van der Waals surface area (Å²) in [6, 6.07) is 1.63. The smallest absolute Gasteiger partial charge is 0.261 e. The third kappa shape index (κ3) is 4.06. The minimum Gasteiger partial charge on any atom is -0.381 e. The van der Waals surface area contributed by atoms with Gasteiger partial charge in [0.25, 0.3) is 15.0 Å². The molecule has 1 amide bonds. The van der Waals surface area contributed by atoms with Crippen molar-refractivity contribution in [3.05, 3.63) is 28.5 Å². The van der Waals surface area contributed by atoms with Crippen molar-refractivity contribution in [1.82, 2.24) is 5.32 Å². The number of nitrogens with one attached hydrogen (secondary N) is 1. The van der Waals surface area contributed by atoms with Crippen molar-refractivity contribution in [2.24, 2.45) is 5.92 Å². The fourth-order valence-corrected chi connectivity index (χ4v) is 2.91. The molecule has 1 atom stereocenters. The van der Waals surface area contributed by atoms with Gasteiger partial charge in [-0.05, 0) is 18.6 Å². The summed E-state index contributed by atoms with van der Waals surface area (Å²) < 4.78 is 41.3. The average molecular weight is 356 g/mol. The van der Waals surface area contributed by atoms with Gasteiger partial charge < -0.3 is 10.1 Å². The Kier molecular flexibility index (Phi) is 5.08. The van der Waals surface area contributed by atoms with Crippen LogP contribution < -0.4 is 5.32 Å². The summed E-state index contributed by atoms with van der Waals surface area (Å²) in [6.45, 7) is 1.52. The first-order valence-electron chi connectivity index (χ1n) is 6.08. The van der Waals surface area contributed by atoms with Crippen LogP contribution in [0.4, 0.5) is 4.39 Å². The third-order valence-electron chi connectivity index (χ3n) is 3.10. The van der Waals surface area contributed by atoms with E-state index in [1.54, 1.807) is 0 Å². The Morgan fingerprint density at radius 3 is 2.76 bits per heavy atom. The Hall–Kier alpha value is -0.890. The van der Waals surface area contributed by atoms with E-state index in [2.05, 4.69) is 5.32 Å². The van der Waals surface area contributed by atoms with Gasteiger partial charge in [-0.2, -0.15) is 0 Å². The third-order valence-corrected chi connectivity index (χ3v) is 4.82. The maximum absolute atomic E-state index is 13.6. The van der Waals surface area contributed by atoms with Gasteiger partial charge in [0.1, 0.15) is 5.82 Å². The van der Waals surface area contributed by atoms with Gasteiger partial charge in [0.2, 0.25) is 0 Å². The van der Waals surface area contributed by atoms with Crippen LogP contribution in [0, 0.1) is 11.7 Å². The highest BCUT2D eigenvalue weighted by Crippen LogP contribution is 2.26. The van der Waals surface area contributed by atoms with Gasteiger partial charge in [0, 0.05) is 29.8 Å². The molecule has 1 aliphatic rings. The first-order valence-corrected chi connectivity index (χ1v) is 8.77. The molecule has 5 nitrogen and oxygen atoms in total. The van der Waals surface area contributed by atoms with E-state index in [9.17, 15) is 17.6 Å². The normalized spacial score (nSPS) is 18.7. The van der Waals surface area contributed by atoms with Crippen molar-refractivity contribution in [3.8, 4) is 0 Å². The van der Waals surface area contributed by atoms with Crippen LogP contribution in [0.25, 0.3) is 0 Å². The minimum atomic E-state index is -4.16. The SMILES string of the molecule is O=C(NCC1CCOC1)c1cc(S(=O)(=O)Cl)cc(F)c1Cl. The number of hydrogen-bond donors (Lipinski definition) is 1. The number of ether oxygens (including phenoxy) is 1. The van der Waals surface area contributed by atoms with Gasteiger partial charge in [-0.25, -0.2) is 12.8 Å². The van der Waals surface area contributed by atoms with Crippen molar-refractivity contribution < 1.29 is 22.3 Å². The quantitative estimate of drug-likeness (QED) is 0.840. The van der Waals surface area contributed by atoms with E-state index in [-0.39, 0.29) is 11.5 Å². The van der Waals surface area contributed by atoms with Gasteiger partial charge in [-0.1, -0.05) is 11.6 Å². The van der Waals surface area contributed by atoms with Crippen LogP contribution >= 0.6 is 22.3 Å². The molecule has 0 bridgehead atoms. The zero-order valence-electron chi connectivity index (χ0n) is 10.7. The first-order chi connectivity index (χ1) is 9.79. The Morgan fingerprint density at radius 1 is 1.48 bits per heavy atom. The minimum absolute atomic E-state index is 0.178. The van der Waals surface area contributed by atoms with E-state index in [1.165, 1.54) is 0 Å². The summed E-state index contributed by atoms with van der Waals surface area (Å²) in [5.74, 6) is -1.50. The van der Waals surface area contributed by atoms with Crippen molar-refractivity contribution in [2.45, 2.75) is 11.3 Å². The number of hydrogen-bond acceptors (Lipinski definition) is 4. The highest BCUT2D eigenvalue weighted by molar-refractivity contribution is 8.13. The zero-order valence-corrected chi connectivity index (χ0v) is 13.1. The summed E-state index contributed by atoms with van der Waals surface area (Å²) in [5.41, 5.74) is -0.269. The molecule has 1 N–H and O–H groups in total. The van der Waals surface area contributed by atoms with Crippen molar-refractivity contribution in [3.63, 3.8) is 0 Å². The van der Waals surface area contributed by atoms with E-state index in [0.29, 0.717) is 25.8 Å². The highest BCUT2D eigenvalue weighted by atomic mass is 35.7. The predicted molar refractivity (Wildman–Crippen MR) is 75.7 cm³/mol. The lowest BCUT2D eigenvalue weighted by Crippen LogP contribution is -2.30. The van der Waals surface area contributed by atoms with E-state index in [0.717, 1.165) is 12.5 Å². The number of halogens is 3. The van der Waals surface area contributed by atoms with Crippen LogP contribution in [0.15, 0.2) is 17.0 Å². The molecule has 9 heteroatoms. The lowest BCUT2D eigenvalue weighted by atomic mass is 10.1. The molecule has 0 spiro atoms. The summed E-state index contributed by atoms with van der Waals surface area (Å²) in [6.07, 6.45) is 0.818. The van der Waals surface area contributed by atoms with Crippen molar-refractivity contribution in [2.75, 3.05) is 19.8 Å². The molecule has 0 saturated carbocycles. The summed E-state index contributed by atoms with van der Waals surface area (Å²) in [4.78, 5) is 11.5. The molecule has 1 heterocycles. The Balaban J connectivity index is 2.21. The second kappa shape index (κ2) is 6.48. The lowest BCUT2D eigenvalue weighted by Gasteiger charge is -2.11. The predicted octanol–water partition coefficient (Wildman–Crippen LogP) is 2.17. The molecule has 1 aromatic carbocycles. The highest BCUT2D eigenvalue weighted by Gasteiger charge is 2.22. The number of carbonyl (C=O) groups excluding carboxylic acids is 1. The van der Waals surface area contributed by atoms with E-state index >= 15 is 0 Å². The topological polar surface area (TPSA) is 72.5 Å². The molecule has 0 aromatic heterocycles. The van der Waals surface area contributed by atoms with E-state index < -0.39 is 30.7 Å². The summed E-state index contributed by atoms with van der Waals surface area (Å²) in [7, 11) is 0.999. The van der Waals surface area contributed by atoms with Crippen molar-refractivity contribution in [1.29, 1.82) is 0 Å². The molecular weight excluding hydrogens is 344 g/mol. The number of benzene rings is 1. The van der Waals surface area contributed by atoms with Gasteiger partial charge in [0.15, 0.2) is 0 Å². The maximum atomic E-state index is 13.6. The average Bonchev–Trinajstić information content (AvgIpc) is 2.91. The molecule has 116 valence electrons. The Morgan fingerprint density at radius 2 is 2.19 bits per heavy atom. The summed E-state index contributed by atoms with van der Waals surface area (Å²) >= 11 is 5.71. The second-order valence-electron chi connectivity index (χ2n) is 4.64. The van der Waals surface area contributed by atoms with Crippen LogP contribution in [0.5, 0.6) is 0 Å². The summed E-state index contributed by atoms with van der Waals surface area (Å²) in [5, 5.41) is 2.13. The van der Waals surface area contributed by atoms with Crippen LogP contribution in [-0.4, -0.2) is 34.1 Å². The van der Waals surface area contributed by atoms with Crippen LogP contribution in [0.2, 0.25) is 5.02 Å². The van der Waals surface area contributed by atoms with Crippen LogP contribution in [0.1, 0.15) is 16.8 Å². The molecule has 0 radical (unpaired) electrons. The molecule has 0 aliphatic carbocycles. The molecule has 2 rings (SSSR count). The zero-order chi connectivity index (χ0) is 15.6. The van der Waals surface area contributed by atoms with E-state index in [4.69, 9.17) is 27.0 Å². The Labute approximate surface area is 130 Å². The molecule has 1 aliphatic heterocycles. The van der Waals surface area contributed by atoms with Gasteiger partial charge in [-0.3, -0.25) is 4.79 Å². The molecule has 1 fully saturated rings. The Bertz CT molecular complexity index is 659. The molecular formula is C12H12Cl2FNO4S. The van der Waals surface area contributed by atoms with Crippen molar-refractivity contribution >= 4 is 37.2 Å². The number of amides is 1. The number of carbonyl (C=O) groups is 1. The molecule has 1 saturated heterocycles.